The Hall–Kier alpha value is -8.40. The number of thiol groups is 1. The van der Waals surface area contributed by atoms with E-state index in [1.165, 1.54) is 32.7 Å². The van der Waals surface area contributed by atoms with Crippen molar-refractivity contribution in [1.29, 1.82) is 0 Å². The second-order valence-corrected chi connectivity index (χ2v) is 22.1. The molecule has 0 saturated heterocycles. The number of alkyl halides is 4. The van der Waals surface area contributed by atoms with Crippen molar-refractivity contribution in [2.24, 2.45) is 4.30 Å². The molecule has 9 aromatic rings. The number of fused-ring (bicyclic) bond motifs is 9. The van der Waals surface area contributed by atoms with Gasteiger partial charge in [-0.3, -0.25) is 34.0 Å². The molecular weight excluding hydrogens is 1560 g/mol. The van der Waals surface area contributed by atoms with Crippen LogP contribution < -0.4 is 80.9 Å². The summed E-state index contributed by atoms with van der Waals surface area (Å²) >= 11 is 6.66. The van der Waals surface area contributed by atoms with Crippen LogP contribution in [0.4, 0.5) is 43.2 Å². The topological polar surface area (TPSA) is 253 Å². The molecular formula is C78H100B2BrF6KN20NaO2S. The molecule has 12 rings (SSSR count). The number of aldehydes is 2. The summed E-state index contributed by atoms with van der Waals surface area (Å²) in [4.78, 5) is 34.8. The Bertz CT molecular complexity index is 4280. The molecule has 0 N–H and O–H groups in total. The van der Waals surface area contributed by atoms with E-state index in [4.69, 9.17) is 42.1 Å². The van der Waals surface area contributed by atoms with Crippen LogP contribution in [0.5, 0.6) is 0 Å². The molecule has 3 aromatic heterocycles. The first-order valence-electron chi connectivity index (χ1n) is 34.8. The molecule has 0 fully saturated rings. The SMILES string of the molecule is C=Cc1ccc2c(c1)C(C)n1nnnc1-2.CC.CC.CC.CC.CC.CC.CC1c2cc(C=O)ccc2-c2nnnn21.Cc1ccc2c(c1)C(C)n1nnnc1-2.FB(F)F.O=CC(F)(F)F.[B]=NS.[C-]#[N+]c1ccc(C)cc1C(C)Br.[C-]#[N+]c1ccc(C)cc1C(C)[N+]#[C-].[C-]#[N+]c1ccc(C)cc1CC.[CH-]=C.[K+].[N-]=[N+]=[N-].[Na+]. The van der Waals surface area contributed by atoms with Crippen molar-refractivity contribution in [3.05, 3.63) is 257 Å². The summed E-state index contributed by atoms with van der Waals surface area (Å²) in [7, 11) is 0.670. The van der Waals surface area contributed by atoms with E-state index >= 15 is 0 Å². The third kappa shape index (κ3) is 39.9. The largest absolute Gasteiger partial charge is 1.00 e. The zero-order chi connectivity index (χ0) is 86.0. The van der Waals surface area contributed by atoms with Crippen LogP contribution in [0.25, 0.3) is 75.6 Å². The van der Waals surface area contributed by atoms with E-state index in [0.717, 1.165) is 91.6 Å². The fraction of sp³-hybridized carbons (Fsp3) is 0.372. The molecule has 587 valence electrons. The molecule has 0 spiro atoms. The van der Waals surface area contributed by atoms with Crippen LogP contribution in [0.2, 0.25) is 0 Å². The first kappa shape index (κ1) is 117. The van der Waals surface area contributed by atoms with Gasteiger partial charge in [-0.15, -0.1) is 15.3 Å². The third-order valence-electron chi connectivity index (χ3n) is 13.9. The van der Waals surface area contributed by atoms with Gasteiger partial charge in [0, 0.05) is 39.6 Å². The number of tetrazole rings is 3. The zero-order valence-corrected chi connectivity index (χ0v) is 76.3. The number of aryl methyl sites for hydroxylation is 5. The molecule has 0 bridgehead atoms. The minimum Gasteiger partial charge on any atom is -0.521 e. The maximum absolute atomic E-state index is 10.7. The Morgan fingerprint density at radius 3 is 1.19 bits per heavy atom. The number of carbonyl (C=O) groups excluding carboxylic acids is 2. The Labute approximate surface area is 739 Å². The summed E-state index contributed by atoms with van der Waals surface area (Å²) < 4.78 is 68.4. The molecule has 6 aromatic carbocycles. The number of carbonyl (C=O) groups is 2. The minimum atomic E-state index is -4.64. The van der Waals surface area contributed by atoms with Crippen LogP contribution in [0.1, 0.15) is 225 Å². The summed E-state index contributed by atoms with van der Waals surface area (Å²) in [6.07, 6.45) is -2.06. The van der Waals surface area contributed by atoms with Crippen molar-refractivity contribution >= 4 is 79.6 Å². The second kappa shape index (κ2) is 68.2. The summed E-state index contributed by atoms with van der Waals surface area (Å²) in [5.74, 6) is 2.51. The van der Waals surface area contributed by atoms with Crippen LogP contribution in [-0.2, 0) is 11.2 Å². The van der Waals surface area contributed by atoms with Crippen molar-refractivity contribution in [2.75, 3.05) is 0 Å². The molecule has 3 aliphatic heterocycles. The zero-order valence-electron chi connectivity index (χ0n) is 68.7. The van der Waals surface area contributed by atoms with Gasteiger partial charge in [0.05, 0.1) is 37.8 Å². The van der Waals surface area contributed by atoms with Crippen LogP contribution in [0.15, 0.2) is 127 Å². The Morgan fingerprint density at radius 1 is 0.589 bits per heavy atom. The number of benzene rings is 6. The Kier molecular flexibility index (Phi) is 71.2. The molecule has 22 nitrogen and oxygen atoms in total. The summed E-state index contributed by atoms with van der Waals surface area (Å²) in [6, 6.07) is 35.9. The van der Waals surface area contributed by atoms with Gasteiger partial charge in [-0.2, -0.15) is 13.2 Å². The number of hydrogen-bond donors (Lipinski definition) is 1. The van der Waals surface area contributed by atoms with Gasteiger partial charge in [0.2, 0.25) is 12.3 Å². The van der Waals surface area contributed by atoms with Crippen LogP contribution in [-0.4, -0.2) is 94.6 Å². The van der Waals surface area contributed by atoms with Crippen LogP contribution >= 0.6 is 28.7 Å². The molecule has 0 amide bonds. The van der Waals surface area contributed by atoms with Gasteiger partial charge >= 0.3 is 119 Å². The first-order chi connectivity index (χ1) is 52.6. The fourth-order valence-corrected chi connectivity index (χ4v) is 9.73. The molecule has 1 radical (unpaired) electrons. The minimum absolute atomic E-state index is 0. The maximum Gasteiger partial charge on any atom is 1.00 e. The molecule has 5 unspecified atom stereocenters. The van der Waals surface area contributed by atoms with Crippen LogP contribution in [0.3, 0.4) is 0 Å². The summed E-state index contributed by atoms with van der Waals surface area (Å²) in [5.41, 5.74) is 32.2. The molecule has 3 aliphatic rings. The predicted octanol–water partition coefficient (Wildman–Crippen LogP) is 18.6. The van der Waals surface area contributed by atoms with Crippen molar-refractivity contribution in [1.82, 2.24) is 60.6 Å². The number of hydrogen-bond acceptors (Lipinski definition) is 13. The smallest absolute Gasteiger partial charge is 0.521 e. The average molecular weight is 1660 g/mol. The number of halogens is 7. The molecule has 112 heavy (non-hydrogen) atoms. The van der Waals surface area contributed by atoms with Crippen molar-refractivity contribution in [3.8, 4) is 34.2 Å². The molecule has 0 saturated carbocycles. The van der Waals surface area contributed by atoms with E-state index < -0.39 is 20.0 Å². The van der Waals surface area contributed by atoms with E-state index in [1.54, 1.807) is 16.8 Å². The van der Waals surface area contributed by atoms with Gasteiger partial charge in [-0.1, -0.05) is 238 Å². The predicted molar refractivity (Wildman–Crippen MR) is 442 cm³/mol. The monoisotopic (exact) mass is 1660 g/mol. The van der Waals surface area contributed by atoms with E-state index in [9.17, 15) is 30.9 Å². The summed E-state index contributed by atoms with van der Waals surface area (Å²) in [5, 5.41) is 34.9. The summed E-state index contributed by atoms with van der Waals surface area (Å²) in [6.45, 7) is 82.8. The van der Waals surface area contributed by atoms with Gasteiger partial charge < -0.3 is 22.5 Å². The standard InChI is InChI=1S/C11H10N4.C11H10N2.C10H10BrN.C10H8N4O.C10H10N4.C10H11N.C2HF3O.6C2H6.C2H3.BF3.BHNS.K.N3.Na/c1-3-8-4-5-9-10(6-8)7(2)15-11(9)12-13-14-15;1-8-5-6-11(13-4)10(7-8)9(2)12-3;1-7-4-5-10(12-3)9(6-7)8(2)11;1-6-9-4-7(5-15)2-3-8(9)10-11-12-13-14(6)10;1-6-3-4-8-9(5-6)7(2)14-10(8)11-12-13-14;1-4-9-7-8(2)5-6-10(9)11-3;3-2(4,5)1-6;7*1-2;2-1(3)4;1-2-3;;1-3-2;/h3-7H,1H2,2H3;5-7,9H,1-2H3;4-6,8H,1-2H3;2-6H,1H3;3-5,7H,1-2H3;5-7H,4H2,1-2H3;1H;6*1-2H3;1H,2H2;;3H;;;/q;;;;;;;;;;;;;-1;;;+1;-1;+1. The van der Waals surface area contributed by atoms with Crippen LogP contribution in [0, 0.1) is 60.6 Å². The van der Waals surface area contributed by atoms with E-state index in [-0.39, 0.29) is 110 Å². The average Bonchev–Trinajstić information content (AvgIpc) is 1.63. The van der Waals surface area contributed by atoms with E-state index in [1.807, 2.05) is 201 Å². The van der Waals surface area contributed by atoms with Crippen molar-refractivity contribution < 1.29 is 117 Å². The quantitative estimate of drug-likeness (QED) is 0.0195. The number of aromatic nitrogens is 12. The van der Waals surface area contributed by atoms with Gasteiger partial charge in [-0.05, 0) is 139 Å². The number of nitrogens with zero attached hydrogens (tertiary/aromatic N) is 20. The van der Waals surface area contributed by atoms with Gasteiger partial charge in [0.1, 0.15) is 6.29 Å². The van der Waals surface area contributed by atoms with Gasteiger partial charge in [0.15, 0.2) is 34.5 Å². The normalized spacial score (nSPS) is 11.8. The fourth-order valence-electron chi connectivity index (χ4n) is 9.36. The van der Waals surface area contributed by atoms with E-state index in [2.05, 4.69) is 190 Å². The van der Waals surface area contributed by atoms with Gasteiger partial charge in [-0.25, -0.2) is 35.2 Å². The van der Waals surface area contributed by atoms with Crippen molar-refractivity contribution in [2.45, 2.75) is 194 Å². The van der Waals surface area contributed by atoms with Crippen molar-refractivity contribution in [3.63, 3.8) is 0 Å². The number of rotatable bonds is 5. The molecule has 0 aliphatic carbocycles. The van der Waals surface area contributed by atoms with E-state index in [0.29, 0.717) is 11.3 Å². The molecule has 34 heteroatoms. The second-order valence-electron chi connectivity index (χ2n) is 20.5. The first-order valence-corrected chi connectivity index (χ1v) is 36.1. The molecule has 6 heterocycles. The molecule has 5 atom stereocenters. The Balaban J connectivity index is -0.000000220. The van der Waals surface area contributed by atoms with Gasteiger partial charge in [0.25, 0.3) is 0 Å². The third-order valence-corrected chi connectivity index (χ3v) is 14.4. The Morgan fingerprint density at radius 2 is 0.875 bits per heavy atom. The maximum atomic E-state index is 10.7.